The summed E-state index contributed by atoms with van der Waals surface area (Å²) in [6, 6.07) is 5.84. The highest BCUT2D eigenvalue weighted by molar-refractivity contribution is 7.99. The van der Waals surface area contributed by atoms with E-state index >= 15 is 0 Å². The van der Waals surface area contributed by atoms with Crippen LogP contribution in [-0.4, -0.2) is 5.91 Å². The molecule has 0 spiro atoms. The maximum absolute atomic E-state index is 13.3. The van der Waals surface area contributed by atoms with Gasteiger partial charge in [0.2, 0.25) is 5.91 Å². The Bertz CT molecular complexity index is 805. The summed E-state index contributed by atoms with van der Waals surface area (Å²) >= 11 is 1.08. The van der Waals surface area contributed by atoms with Crippen molar-refractivity contribution >= 4 is 34.7 Å². The first-order valence-electron chi connectivity index (χ1n) is 6.51. The third-order valence-corrected chi connectivity index (χ3v) is 4.28. The molecule has 1 aliphatic heterocycles. The molecule has 3 rings (SSSR count). The number of nitrogens with one attached hydrogen (secondary N) is 2. The minimum absolute atomic E-state index is 0.00439. The molecule has 0 aromatic heterocycles. The monoisotopic (exact) mass is 342 g/mol. The molecule has 0 saturated carbocycles. The van der Waals surface area contributed by atoms with Crippen molar-refractivity contribution < 1.29 is 22.4 Å². The minimum Gasteiger partial charge on any atom is -0.352 e. The van der Waals surface area contributed by atoms with Crippen molar-refractivity contribution in [3.8, 4) is 0 Å². The van der Waals surface area contributed by atoms with Crippen molar-refractivity contribution in [2.75, 3.05) is 10.6 Å². The Labute approximate surface area is 133 Å². The SMILES string of the molecule is CC(=O)Nc1cc(C(F)(F)F)cc2c1Nc1cc(F)ccc1S2. The maximum atomic E-state index is 13.3. The number of amides is 1. The molecule has 0 fully saturated rings. The Morgan fingerprint density at radius 2 is 1.91 bits per heavy atom. The third kappa shape index (κ3) is 3.12. The van der Waals surface area contributed by atoms with Crippen molar-refractivity contribution in [3.05, 3.63) is 41.7 Å². The van der Waals surface area contributed by atoms with Crippen LogP contribution in [0.25, 0.3) is 0 Å². The number of hydrogen-bond donors (Lipinski definition) is 2. The fourth-order valence-corrected chi connectivity index (χ4v) is 3.26. The van der Waals surface area contributed by atoms with Gasteiger partial charge in [0, 0.05) is 16.7 Å². The summed E-state index contributed by atoms with van der Waals surface area (Å²) in [6.45, 7) is 1.20. The second-order valence-electron chi connectivity index (χ2n) is 4.94. The summed E-state index contributed by atoms with van der Waals surface area (Å²) in [6.07, 6.45) is -4.54. The van der Waals surface area contributed by atoms with Gasteiger partial charge in [-0.25, -0.2) is 4.39 Å². The third-order valence-electron chi connectivity index (χ3n) is 3.16. The molecule has 0 aliphatic carbocycles. The number of carbonyl (C=O) groups is 1. The van der Waals surface area contributed by atoms with Crippen molar-refractivity contribution in [3.63, 3.8) is 0 Å². The quantitative estimate of drug-likeness (QED) is 0.611. The molecule has 2 aromatic rings. The number of halogens is 4. The number of anilines is 3. The highest BCUT2D eigenvalue weighted by Gasteiger charge is 2.33. The van der Waals surface area contributed by atoms with E-state index in [2.05, 4.69) is 10.6 Å². The van der Waals surface area contributed by atoms with Gasteiger partial charge in [0.05, 0.1) is 22.6 Å². The summed E-state index contributed by atoms with van der Waals surface area (Å²) in [7, 11) is 0. The molecular formula is C15H10F4N2OS. The molecule has 0 saturated heterocycles. The maximum Gasteiger partial charge on any atom is 0.416 e. The molecule has 0 radical (unpaired) electrons. The van der Waals surface area contributed by atoms with Gasteiger partial charge in [-0.3, -0.25) is 4.79 Å². The highest BCUT2D eigenvalue weighted by Crippen LogP contribution is 2.49. The van der Waals surface area contributed by atoms with Gasteiger partial charge in [-0.15, -0.1) is 0 Å². The number of rotatable bonds is 1. The van der Waals surface area contributed by atoms with E-state index in [0.29, 0.717) is 21.2 Å². The molecule has 1 heterocycles. The van der Waals surface area contributed by atoms with E-state index in [1.54, 1.807) is 0 Å². The smallest absolute Gasteiger partial charge is 0.352 e. The van der Waals surface area contributed by atoms with Gasteiger partial charge in [0.1, 0.15) is 5.82 Å². The van der Waals surface area contributed by atoms with Crippen molar-refractivity contribution in [1.82, 2.24) is 0 Å². The Hall–Kier alpha value is -2.22. The number of hydrogen-bond acceptors (Lipinski definition) is 3. The molecule has 120 valence electrons. The van der Waals surface area contributed by atoms with Gasteiger partial charge in [-0.2, -0.15) is 13.2 Å². The summed E-state index contributed by atoms with van der Waals surface area (Å²) in [5.41, 5.74) is -0.102. The lowest BCUT2D eigenvalue weighted by Crippen LogP contribution is -2.13. The first-order chi connectivity index (χ1) is 10.7. The molecule has 1 aliphatic rings. The van der Waals surface area contributed by atoms with Crippen LogP contribution in [-0.2, 0) is 11.0 Å². The van der Waals surface area contributed by atoms with Crippen LogP contribution in [0.5, 0.6) is 0 Å². The first kappa shape index (κ1) is 15.7. The van der Waals surface area contributed by atoms with Crippen molar-refractivity contribution in [2.45, 2.75) is 22.9 Å². The number of alkyl halides is 3. The average Bonchev–Trinajstić information content (AvgIpc) is 2.43. The number of benzene rings is 2. The lowest BCUT2D eigenvalue weighted by Gasteiger charge is -2.24. The molecule has 2 N–H and O–H groups in total. The Morgan fingerprint density at radius 1 is 1.17 bits per heavy atom. The van der Waals surface area contributed by atoms with Crippen LogP contribution < -0.4 is 10.6 Å². The van der Waals surface area contributed by atoms with Crippen LogP contribution >= 0.6 is 11.8 Å². The lowest BCUT2D eigenvalue weighted by molar-refractivity contribution is -0.137. The predicted octanol–water partition coefficient (Wildman–Crippen LogP) is 5.01. The zero-order chi connectivity index (χ0) is 16.8. The van der Waals surface area contributed by atoms with Crippen LogP contribution in [0.3, 0.4) is 0 Å². The second-order valence-corrected chi connectivity index (χ2v) is 6.03. The fraction of sp³-hybridized carbons (Fsp3) is 0.133. The van der Waals surface area contributed by atoms with E-state index in [4.69, 9.17) is 0 Å². The molecular weight excluding hydrogens is 332 g/mol. The number of carbonyl (C=O) groups excluding carboxylic acids is 1. The van der Waals surface area contributed by atoms with E-state index in [9.17, 15) is 22.4 Å². The summed E-state index contributed by atoms with van der Waals surface area (Å²) < 4.78 is 52.4. The molecule has 8 heteroatoms. The van der Waals surface area contributed by atoms with E-state index in [-0.39, 0.29) is 5.69 Å². The van der Waals surface area contributed by atoms with Crippen LogP contribution in [0.2, 0.25) is 0 Å². The lowest BCUT2D eigenvalue weighted by atomic mass is 10.1. The molecule has 2 aromatic carbocycles. The van der Waals surface area contributed by atoms with Crippen LogP contribution in [0, 0.1) is 5.82 Å². The van der Waals surface area contributed by atoms with Gasteiger partial charge in [-0.1, -0.05) is 11.8 Å². The molecule has 0 atom stereocenters. The van der Waals surface area contributed by atoms with E-state index < -0.39 is 23.5 Å². The molecule has 1 amide bonds. The zero-order valence-corrected chi connectivity index (χ0v) is 12.5. The zero-order valence-electron chi connectivity index (χ0n) is 11.7. The number of fused-ring (bicyclic) bond motifs is 2. The van der Waals surface area contributed by atoms with Crippen LogP contribution in [0.15, 0.2) is 40.1 Å². The van der Waals surface area contributed by atoms with Gasteiger partial charge < -0.3 is 10.6 Å². The van der Waals surface area contributed by atoms with Gasteiger partial charge in [0.15, 0.2) is 0 Å². The summed E-state index contributed by atoms with van der Waals surface area (Å²) in [4.78, 5) is 12.2. The van der Waals surface area contributed by atoms with E-state index in [0.717, 1.165) is 23.9 Å². The predicted molar refractivity (Wildman–Crippen MR) is 79.6 cm³/mol. The molecule has 23 heavy (non-hydrogen) atoms. The molecule has 0 unspecified atom stereocenters. The van der Waals surface area contributed by atoms with Gasteiger partial charge >= 0.3 is 6.18 Å². The Balaban J connectivity index is 2.13. The second kappa shape index (κ2) is 5.45. The van der Waals surface area contributed by atoms with E-state index in [1.165, 1.54) is 25.1 Å². The minimum atomic E-state index is -4.54. The van der Waals surface area contributed by atoms with Crippen LogP contribution in [0.4, 0.5) is 34.6 Å². The fourth-order valence-electron chi connectivity index (χ4n) is 2.22. The van der Waals surface area contributed by atoms with E-state index in [1.807, 2.05) is 0 Å². The summed E-state index contributed by atoms with van der Waals surface area (Å²) in [5, 5.41) is 5.27. The Morgan fingerprint density at radius 3 is 2.57 bits per heavy atom. The topological polar surface area (TPSA) is 41.1 Å². The molecule has 0 bridgehead atoms. The standard InChI is InChI=1S/C15H10F4N2OS/c1-7(22)20-11-4-8(15(17,18)19)5-13-14(11)21-10-6-9(16)2-3-12(10)23-13/h2-6,21H,1H3,(H,20,22). The van der Waals surface area contributed by atoms with Gasteiger partial charge in [-0.05, 0) is 30.3 Å². The molecule has 3 nitrogen and oxygen atoms in total. The highest BCUT2D eigenvalue weighted by atomic mass is 32.2. The first-order valence-corrected chi connectivity index (χ1v) is 7.33. The Kier molecular flexibility index (Phi) is 3.71. The normalized spacial score (nSPS) is 12.9. The summed E-state index contributed by atoms with van der Waals surface area (Å²) in [5.74, 6) is -0.961. The van der Waals surface area contributed by atoms with Crippen molar-refractivity contribution in [2.24, 2.45) is 0 Å². The largest absolute Gasteiger partial charge is 0.416 e. The van der Waals surface area contributed by atoms with Crippen molar-refractivity contribution in [1.29, 1.82) is 0 Å². The van der Waals surface area contributed by atoms with Gasteiger partial charge in [0.25, 0.3) is 0 Å². The average molecular weight is 342 g/mol. The van der Waals surface area contributed by atoms with Crippen LogP contribution in [0.1, 0.15) is 12.5 Å².